The number of phenols is 1. The summed E-state index contributed by atoms with van der Waals surface area (Å²) in [7, 11) is 0. The fourth-order valence-electron chi connectivity index (χ4n) is 4.30. The average molecular weight is 447 g/mol. The minimum absolute atomic E-state index is 0.0524. The largest absolute Gasteiger partial charge is 0.507 e. The molecule has 0 bridgehead atoms. The Bertz CT molecular complexity index is 1120. The van der Waals surface area contributed by atoms with E-state index >= 15 is 0 Å². The molecule has 1 aliphatic rings. The Morgan fingerprint density at radius 3 is 2.58 bits per heavy atom. The summed E-state index contributed by atoms with van der Waals surface area (Å²) < 4.78 is 1.45. The molecule has 172 valence electrons. The SMILES string of the molecule is CCC(=O)Nc1ccc(O)c(-c2cc(C3CCCC3)n(C(=O)NCCc3ccccc3)n2)c1. The molecule has 4 rings (SSSR count). The van der Waals surface area contributed by atoms with Gasteiger partial charge in [0.1, 0.15) is 5.75 Å². The number of amides is 2. The van der Waals surface area contributed by atoms with Crippen molar-refractivity contribution in [3.8, 4) is 17.0 Å². The number of nitrogens with zero attached hydrogens (tertiary/aromatic N) is 2. The number of hydrogen-bond acceptors (Lipinski definition) is 4. The molecule has 3 N–H and O–H groups in total. The molecule has 1 fully saturated rings. The van der Waals surface area contributed by atoms with Gasteiger partial charge in [0.15, 0.2) is 0 Å². The van der Waals surface area contributed by atoms with Gasteiger partial charge in [0.25, 0.3) is 0 Å². The number of nitrogens with one attached hydrogen (secondary N) is 2. The number of anilines is 1. The fourth-order valence-corrected chi connectivity index (χ4v) is 4.30. The van der Waals surface area contributed by atoms with E-state index in [4.69, 9.17) is 0 Å². The predicted molar refractivity (Wildman–Crippen MR) is 128 cm³/mol. The summed E-state index contributed by atoms with van der Waals surface area (Å²) in [6.45, 7) is 2.29. The minimum Gasteiger partial charge on any atom is -0.507 e. The Kier molecular flexibility index (Phi) is 7.07. The van der Waals surface area contributed by atoms with Gasteiger partial charge in [-0.2, -0.15) is 9.78 Å². The number of aromatic hydroxyl groups is 1. The van der Waals surface area contributed by atoms with Crippen molar-refractivity contribution in [1.82, 2.24) is 15.1 Å². The number of carbonyl (C=O) groups is 2. The zero-order valence-electron chi connectivity index (χ0n) is 18.9. The van der Waals surface area contributed by atoms with E-state index in [1.807, 2.05) is 36.4 Å². The maximum atomic E-state index is 13.1. The monoisotopic (exact) mass is 446 g/mol. The van der Waals surface area contributed by atoms with Crippen LogP contribution in [-0.4, -0.2) is 33.4 Å². The quantitative estimate of drug-likeness (QED) is 0.442. The molecule has 0 aliphatic heterocycles. The topological polar surface area (TPSA) is 96.2 Å². The van der Waals surface area contributed by atoms with Gasteiger partial charge in [0, 0.05) is 30.1 Å². The van der Waals surface area contributed by atoms with Crippen LogP contribution in [0.4, 0.5) is 10.5 Å². The van der Waals surface area contributed by atoms with Crippen molar-refractivity contribution in [3.63, 3.8) is 0 Å². The Balaban J connectivity index is 1.59. The van der Waals surface area contributed by atoms with Crippen LogP contribution in [0.5, 0.6) is 5.75 Å². The molecule has 1 saturated carbocycles. The fraction of sp³-hybridized carbons (Fsp3) is 0.346. The van der Waals surface area contributed by atoms with E-state index in [1.165, 1.54) is 10.7 Å². The molecule has 3 aromatic rings. The summed E-state index contributed by atoms with van der Waals surface area (Å²) in [6.07, 6.45) is 5.39. The molecular weight excluding hydrogens is 416 g/mol. The Labute approximate surface area is 193 Å². The number of benzene rings is 2. The Hall–Kier alpha value is -3.61. The van der Waals surface area contributed by atoms with Crippen LogP contribution in [0.3, 0.4) is 0 Å². The lowest BCUT2D eigenvalue weighted by Gasteiger charge is -2.12. The Morgan fingerprint density at radius 2 is 1.85 bits per heavy atom. The molecule has 2 amide bonds. The van der Waals surface area contributed by atoms with Gasteiger partial charge in [-0.15, -0.1) is 0 Å². The standard InChI is InChI=1S/C26H30N4O3/c1-2-25(32)28-20-12-13-24(31)21(16-20)22-17-23(19-10-6-7-11-19)30(29-22)26(33)27-15-14-18-8-4-3-5-9-18/h3-5,8-9,12-13,16-17,19,31H,2,6-7,10-11,14-15H2,1H3,(H,27,33)(H,28,32). The highest BCUT2D eigenvalue weighted by atomic mass is 16.3. The highest BCUT2D eigenvalue weighted by Crippen LogP contribution is 2.38. The first kappa shape index (κ1) is 22.6. The molecule has 0 atom stereocenters. The second-order valence-electron chi connectivity index (χ2n) is 8.45. The molecule has 0 spiro atoms. The van der Waals surface area contributed by atoms with Crippen molar-refractivity contribution >= 4 is 17.6 Å². The van der Waals surface area contributed by atoms with E-state index in [-0.39, 0.29) is 23.6 Å². The van der Waals surface area contributed by atoms with Crippen molar-refractivity contribution in [2.24, 2.45) is 0 Å². The lowest BCUT2D eigenvalue weighted by Crippen LogP contribution is -2.32. The van der Waals surface area contributed by atoms with Gasteiger partial charge in [0.2, 0.25) is 5.91 Å². The molecule has 1 aromatic heterocycles. The van der Waals surface area contributed by atoms with Crippen molar-refractivity contribution < 1.29 is 14.7 Å². The summed E-state index contributed by atoms with van der Waals surface area (Å²) in [5.41, 5.74) is 3.60. The van der Waals surface area contributed by atoms with Gasteiger partial charge in [-0.05, 0) is 49.1 Å². The zero-order chi connectivity index (χ0) is 23.2. The van der Waals surface area contributed by atoms with Crippen LogP contribution < -0.4 is 10.6 Å². The number of carbonyl (C=O) groups excluding carboxylic acids is 2. The third-order valence-electron chi connectivity index (χ3n) is 6.11. The molecule has 0 radical (unpaired) electrons. The molecule has 7 nitrogen and oxygen atoms in total. The second-order valence-corrected chi connectivity index (χ2v) is 8.45. The van der Waals surface area contributed by atoms with Gasteiger partial charge in [-0.1, -0.05) is 50.1 Å². The smallest absolute Gasteiger partial charge is 0.342 e. The van der Waals surface area contributed by atoms with Gasteiger partial charge in [-0.25, -0.2) is 4.79 Å². The average Bonchev–Trinajstić information content (AvgIpc) is 3.51. The summed E-state index contributed by atoms with van der Waals surface area (Å²) in [5, 5.41) is 20.9. The van der Waals surface area contributed by atoms with E-state index in [2.05, 4.69) is 15.7 Å². The van der Waals surface area contributed by atoms with Crippen molar-refractivity contribution in [2.45, 2.75) is 51.4 Å². The summed E-state index contributed by atoms with van der Waals surface area (Å²) in [4.78, 5) is 24.9. The Morgan fingerprint density at radius 1 is 1.09 bits per heavy atom. The maximum Gasteiger partial charge on any atom is 0.342 e. The molecule has 33 heavy (non-hydrogen) atoms. The van der Waals surface area contributed by atoms with E-state index < -0.39 is 0 Å². The first-order chi connectivity index (χ1) is 16.0. The summed E-state index contributed by atoms with van der Waals surface area (Å²) in [5.74, 6) is 0.203. The van der Waals surface area contributed by atoms with Gasteiger partial charge >= 0.3 is 6.03 Å². The number of rotatable bonds is 7. The van der Waals surface area contributed by atoms with Gasteiger partial charge in [0.05, 0.1) is 11.4 Å². The van der Waals surface area contributed by atoms with E-state index in [0.717, 1.165) is 43.4 Å². The lowest BCUT2D eigenvalue weighted by molar-refractivity contribution is -0.115. The molecule has 1 heterocycles. The zero-order valence-corrected chi connectivity index (χ0v) is 18.9. The van der Waals surface area contributed by atoms with Crippen LogP contribution >= 0.6 is 0 Å². The van der Waals surface area contributed by atoms with Crippen LogP contribution in [0.15, 0.2) is 54.6 Å². The highest BCUT2D eigenvalue weighted by Gasteiger charge is 2.26. The van der Waals surface area contributed by atoms with Crippen LogP contribution in [-0.2, 0) is 11.2 Å². The first-order valence-corrected chi connectivity index (χ1v) is 11.6. The highest BCUT2D eigenvalue weighted by molar-refractivity contribution is 5.91. The van der Waals surface area contributed by atoms with Crippen LogP contribution in [0.2, 0.25) is 0 Å². The third-order valence-corrected chi connectivity index (χ3v) is 6.11. The number of phenolic OH excluding ortho intramolecular Hbond substituents is 1. The van der Waals surface area contributed by atoms with Crippen LogP contribution in [0.25, 0.3) is 11.3 Å². The van der Waals surface area contributed by atoms with Gasteiger partial charge in [-0.3, -0.25) is 4.79 Å². The van der Waals surface area contributed by atoms with Crippen molar-refractivity contribution in [2.75, 3.05) is 11.9 Å². The molecule has 7 heteroatoms. The van der Waals surface area contributed by atoms with Crippen LogP contribution in [0, 0.1) is 0 Å². The number of hydrogen-bond donors (Lipinski definition) is 3. The second kappa shape index (κ2) is 10.3. The minimum atomic E-state index is -0.269. The predicted octanol–water partition coefficient (Wildman–Crippen LogP) is 5.06. The van der Waals surface area contributed by atoms with E-state index in [1.54, 1.807) is 19.1 Å². The molecular formula is C26H30N4O3. The lowest BCUT2D eigenvalue weighted by atomic mass is 10.0. The normalized spacial score (nSPS) is 13.7. The summed E-state index contributed by atoms with van der Waals surface area (Å²) in [6, 6.07) is 16.5. The third kappa shape index (κ3) is 5.42. The van der Waals surface area contributed by atoms with Crippen molar-refractivity contribution in [3.05, 3.63) is 65.9 Å². The van der Waals surface area contributed by atoms with E-state index in [9.17, 15) is 14.7 Å². The molecule has 2 aromatic carbocycles. The first-order valence-electron chi connectivity index (χ1n) is 11.6. The summed E-state index contributed by atoms with van der Waals surface area (Å²) >= 11 is 0. The molecule has 0 saturated heterocycles. The number of aromatic nitrogens is 2. The van der Waals surface area contributed by atoms with Gasteiger partial charge < -0.3 is 15.7 Å². The van der Waals surface area contributed by atoms with E-state index in [0.29, 0.717) is 29.9 Å². The molecule has 0 unspecified atom stereocenters. The molecule has 1 aliphatic carbocycles. The van der Waals surface area contributed by atoms with Crippen LogP contribution in [0.1, 0.15) is 56.2 Å². The van der Waals surface area contributed by atoms with Crippen molar-refractivity contribution in [1.29, 1.82) is 0 Å². The maximum absolute atomic E-state index is 13.1.